The molecule has 1 aliphatic heterocycles. The summed E-state index contributed by atoms with van der Waals surface area (Å²) in [6.07, 6.45) is 4.05. The van der Waals surface area contributed by atoms with Crippen LogP contribution in [0, 0.1) is 20.8 Å². The van der Waals surface area contributed by atoms with Gasteiger partial charge in [0.1, 0.15) is 5.82 Å². The summed E-state index contributed by atoms with van der Waals surface area (Å²) >= 11 is 0. The first-order chi connectivity index (χ1) is 14.5. The number of aromatic nitrogens is 3. The fourth-order valence-corrected chi connectivity index (χ4v) is 4.00. The maximum Gasteiger partial charge on any atom is 0.254 e. The van der Waals surface area contributed by atoms with E-state index in [9.17, 15) is 4.79 Å². The van der Waals surface area contributed by atoms with E-state index < -0.39 is 0 Å². The third kappa shape index (κ3) is 3.03. The zero-order valence-corrected chi connectivity index (χ0v) is 17.5. The van der Waals surface area contributed by atoms with Gasteiger partial charge in [-0.3, -0.25) is 4.79 Å². The average Bonchev–Trinajstić information content (AvgIpc) is 3.46. The Kier molecular flexibility index (Phi) is 4.31. The number of carbonyl (C=O) groups is 1. The highest BCUT2D eigenvalue weighted by molar-refractivity contribution is 5.94. The van der Waals surface area contributed by atoms with Gasteiger partial charge < -0.3 is 9.47 Å². The molecule has 4 aromatic rings. The van der Waals surface area contributed by atoms with E-state index in [2.05, 4.69) is 36.6 Å². The highest BCUT2D eigenvalue weighted by Gasteiger charge is 2.31. The number of rotatable bonds is 3. The van der Waals surface area contributed by atoms with Crippen LogP contribution < -0.4 is 0 Å². The molecular weight excluding hydrogens is 372 g/mol. The molecule has 5 nitrogen and oxygen atoms in total. The van der Waals surface area contributed by atoms with Crippen molar-refractivity contribution in [2.45, 2.75) is 33.9 Å². The van der Waals surface area contributed by atoms with E-state index >= 15 is 0 Å². The molecule has 5 rings (SSSR count). The van der Waals surface area contributed by atoms with E-state index in [0.717, 1.165) is 33.9 Å². The van der Waals surface area contributed by atoms with Crippen molar-refractivity contribution in [2.75, 3.05) is 0 Å². The first kappa shape index (κ1) is 18.4. The van der Waals surface area contributed by atoms with Gasteiger partial charge in [0.05, 0.1) is 24.5 Å². The molecule has 0 bridgehead atoms. The van der Waals surface area contributed by atoms with Gasteiger partial charge in [-0.25, -0.2) is 4.68 Å². The number of carbonyl (C=O) groups excluding carboxylic acids is 1. The van der Waals surface area contributed by atoms with Crippen molar-refractivity contribution in [3.8, 4) is 11.5 Å². The molecule has 2 aromatic heterocycles. The summed E-state index contributed by atoms with van der Waals surface area (Å²) in [4.78, 5) is 14.9. The summed E-state index contributed by atoms with van der Waals surface area (Å²) < 4.78 is 4.09. The van der Waals surface area contributed by atoms with Crippen LogP contribution in [0.3, 0.4) is 0 Å². The number of fused-ring (bicyclic) bond motifs is 1. The molecule has 0 unspecified atom stereocenters. The highest BCUT2D eigenvalue weighted by atomic mass is 16.2. The zero-order valence-electron chi connectivity index (χ0n) is 17.5. The van der Waals surface area contributed by atoms with E-state index in [-0.39, 0.29) is 5.91 Å². The number of benzene rings is 2. The van der Waals surface area contributed by atoms with Crippen LogP contribution in [0.15, 0.2) is 67.0 Å². The Morgan fingerprint density at radius 3 is 2.33 bits per heavy atom. The Morgan fingerprint density at radius 1 is 0.900 bits per heavy atom. The quantitative estimate of drug-likeness (QED) is 0.502. The Balaban J connectivity index is 1.54. The van der Waals surface area contributed by atoms with E-state index in [0.29, 0.717) is 13.1 Å². The first-order valence-electron chi connectivity index (χ1n) is 10.2. The third-order valence-electron chi connectivity index (χ3n) is 5.90. The topological polar surface area (TPSA) is 43.1 Å². The van der Waals surface area contributed by atoms with Gasteiger partial charge >= 0.3 is 0 Å². The zero-order chi connectivity index (χ0) is 20.8. The summed E-state index contributed by atoms with van der Waals surface area (Å²) in [5.41, 5.74) is 7.45. The lowest BCUT2D eigenvalue weighted by atomic mass is 10.1. The van der Waals surface area contributed by atoms with E-state index in [4.69, 9.17) is 5.10 Å². The third-order valence-corrected chi connectivity index (χ3v) is 5.90. The maximum atomic E-state index is 13.0. The summed E-state index contributed by atoms with van der Waals surface area (Å²) in [6.45, 7) is 7.34. The Bertz CT molecular complexity index is 1230. The molecule has 0 saturated heterocycles. The minimum Gasteiger partial charge on any atom is -0.328 e. The summed E-state index contributed by atoms with van der Waals surface area (Å²) in [7, 11) is 0. The van der Waals surface area contributed by atoms with Gasteiger partial charge in [-0.05, 0) is 68.3 Å². The number of hydrogen-bond donors (Lipinski definition) is 0. The van der Waals surface area contributed by atoms with Crippen molar-refractivity contribution in [1.82, 2.24) is 19.2 Å². The van der Waals surface area contributed by atoms with Crippen molar-refractivity contribution in [2.24, 2.45) is 0 Å². The van der Waals surface area contributed by atoms with Crippen LogP contribution >= 0.6 is 0 Å². The Labute approximate surface area is 176 Å². The largest absolute Gasteiger partial charge is 0.328 e. The van der Waals surface area contributed by atoms with Crippen LogP contribution in [-0.4, -0.2) is 25.2 Å². The van der Waals surface area contributed by atoms with Crippen LogP contribution in [0.25, 0.3) is 11.5 Å². The molecule has 0 fully saturated rings. The molecular formula is C25H24N4O. The Morgan fingerprint density at radius 2 is 1.63 bits per heavy atom. The predicted octanol–water partition coefficient (Wildman–Crippen LogP) is 4.74. The summed E-state index contributed by atoms with van der Waals surface area (Å²) in [5, 5.41) is 4.93. The normalized spacial score (nSPS) is 13.0. The molecule has 0 N–H and O–H groups in total. The fraction of sp³-hybridized carbons (Fsp3) is 0.200. The first-order valence-corrected chi connectivity index (χ1v) is 10.2. The van der Waals surface area contributed by atoms with Crippen molar-refractivity contribution in [1.29, 1.82) is 0 Å². The number of hydrogen-bond acceptors (Lipinski definition) is 2. The maximum absolute atomic E-state index is 13.0. The SMILES string of the molecule is Cc1ccc(C(=O)N2Cc3nn(-c4ccc(C)c(C)c4)c(-n4cccc4)c3C2)cc1. The van der Waals surface area contributed by atoms with Gasteiger partial charge in [-0.15, -0.1) is 0 Å². The van der Waals surface area contributed by atoms with Crippen LogP contribution in [0.4, 0.5) is 0 Å². The summed E-state index contributed by atoms with van der Waals surface area (Å²) in [5.74, 6) is 1.04. The van der Waals surface area contributed by atoms with Gasteiger partial charge in [-0.1, -0.05) is 23.8 Å². The molecule has 1 aliphatic rings. The van der Waals surface area contributed by atoms with Gasteiger partial charge in [-0.2, -0.15) is 5.10 Å². The van der Waals surface area contributed by atoms with Crippen molar-refractivity contribution >= 4 is 5.91 Å². The van der Waals surface area contributed by atoms with Gasteiger partial charge in [0.25, 0.3) is 5.91 Å². The lowest BCUT2D eigenvalue weighted by Crippen LogP contribution is -2.26. The fourth-order valence-electron chi connectivity index (χ4n) is 4.00. The van der Waals surface area contributed by atoms with Crippen LogP contribution in [0.5, 0.6) is 0 Å². The minimum atomic E-state index is 0.0455. The smallest absolute Gasteiger partial charge is 0.254 e. The van der Waals surface area contributed by atoms with Crippen molar-refractivity contribution in [3.05, 3.63) is 101 Å². The standard InChI is InChI=1S/C25H24N4O/c1-17-6-9-20(10-7-17)25(30)28-15-22-23(16-28)26-29(24(22)27-12-4-5-13-27)21-11-8-18(2)19(3)14-21/h4-14H,15-16H2,1-3H3. The van der Waals surface area contributed by atoms with Crippen LogP contribution in [0.2, 0.25) is 0 Å². The molecule has 2 aromatic carbocycles. The lowest BCUT2D eigenvalue weighted by Gasteiger charge is -2.18. The predicted molar refractivity (Wildman–Crippen MR) is 117 cm³/mol. The van der Waals surface area contributed by atoms with Crippen molar-refractivity contribution < 1.29 is 4.79 Å². The van der Waals surface area contributed by atoms with Crippen LogP contribution in [0.1, 0.15) is 38.3 Å². The monoisotopic (exact) mass is 396 g/mol. The lowest BCUT2D eigenvalue weighted by molar-refractivity contribution is 0.0749. The number of amides is 1. The molecule has 3 heterocycles. The molecule has 150 valence electrons. The summed E-state index contributed by atoms with van der Waals surface area (Å²) in [6, 6.07) is 18.2. The second-order valence-electron chi connectivity index (χ2n) is 8.05. The molecule has 0 spiro atoms. The molecule has 0 aliphatic carbocycles. The highest BCUT2D eigenvalue weighted by Crippen LogP contribution is 2.31. The Hall–Kier alpha value is -3.60. The van der Waals surface area contributed by atoms with Gasteiger partial charge in [0.15, 0.2) is 0 Å². The molecule has 0 radical (unpaired) electrons. The second-order valence-corrected chi connectivity index (χ2v) is 8.05. The van der Waals surface area contributed by atoms with E-state index in [1.54, 1.807) is 0 Å². The minimum absolute atomic E-state index is 0.0455. The number of nitrogens with zero attached hydrogens (tertiary/aromatic N) is 4. The van der Waals surface area contributed by atoms with E-state index in [1.807, 2.05) is 65.3 Å². The van der Waals surface area contributed by atoms with Crippen molar-refractivity contribution in [3.63, 3.8) is 0 Å². The average molecular weight is 396 g/mol. The van der Waals surface area contributed by atoms with Crippen LogP contribution in [-0.2, 0) is 13.1 Å². The van der Waals surface area contributed by atoms with Gasteiger partial charge in [0, 0.05) is 23.5 Å². The van der Waals surface area contributed by atoms with E-state index in [1.165, 1.54) is 11.1 Å². The molecule has 0 atom stereocenters. The molecule has 30 heavy (non-hydrogen) atoms. The molecule has 5 heteroatoms. The molecule has 0 saturated carbocycles. The second kappa shape index (κ2) is 7.02. The molecule has 1 amide bonds. The number of aryl methyl sites for hydroxylation is 3. The van der Waals surface area contributed by atoms with Gasteiger partial charge in [0.2, 0.25) is 0 Å².